The van der Waals surface area contributed by atoms with E-state index in [-0.39, 0.29) is 25.2 Å². The van der Waals surface area contributed by atoms with E-state index in [1.54, 1.807) is 24.3 Å². The van der Waals surface area contributed by atoms with Crippen LogP contribution in [0.5, 0.6) is 11.5 Å². The van der Waals surface area contributed by atoms with E-state index in [2.05, 4.69) is 5.32 Å². The van der Waals surface area contributed by atoms with Crippen LogP contribution in [0.1, 0.15) is 26.7 Å². The lowest BCUT2D eigenvalue weighted by molar-refractivity contribution is -0.123. The van der Waals surface area contributed by atoms with Crippen LogP contribution in [0.4, 0.5) is 0 Å². The third-order valence-corrected chi connectivity index (χ3v) is 2.71. The second kappa shape index (κ2) is 9.20. The molecular formula is C15H23NO4. The van der Waals surface area contributed by atoms with Gasteiger partial charge in [-0.2, -0.15) is 0 Å². The number of hydrogen-bond donors (Lipinski definition) is 2. The van der Waals surface area contributed by atoms with Crippen molar-refractivity contribution in [2.75, 3.05) is 19.8 Å². The predicted octanol–water partition coefficient (Wildman–Crippen LogP) is 1.74. The van der Waals surface area contributed by atoms with Crippen LogP contribution in [0.2, 0.25) is 0 Å². The molecule has 1 atom stereocenters. The SMILES string of the molecule is CCOc1ccc(OCC(=O)NC(C)CCCO)cc1. The first kappa shape index (κ1) is 16.3. The molecule has 1 unspecified atom stereocenters. The number of rotatable bonds is 9. The molecule has 0 fully saturated rings. The van der Waals surface area contributed by atoms with Gasteiger partial charge >= 0.3 is 0 Å². The third-order valence-electron chi connectivity index (χ3n) is 2.71. The summed E-state index contributed by atoms with van der Waals surface area (Å²) in [5.74, 6) is 1.25. The molecule has 0 aliphatic carbocycles. The standard InChI is InChI=1S/C15H23NO4/c1-3-19-13-6-8-14(9-7-13)20-11-15(18)16-12(2)5-4-10-17/h6-9,12,17H,3-5,10-11H2,1-2H3,(H,16,18). The zero-order chi connectivity index (χ0) is 14.8. The Morgan fingerprint density at radius 3 is 2.40 bits per heavy atom. The van der Waals surface area contributed by atoms with Crippen molar-refractivity contribution >= 4 is 5.91 Å². The Bertz CT molecular complexity index is 391. The lowest BCUT2D eigenvalue weighted by Gasteiger charge is -2.13. The van der Waals surface area contributed by atoms with Crippen LogP contribution in [0, 0.1) is 0 Å². The Morgan fingerprint density at radius 2 is 1.85 bits per heavy atom. The summed E-state index contributed by atoms with van der Waals surface area (Å²) < 4.78 is 10.7. The molecule has 20 heavy (non-hydrogen) atoms. The van der Waals surface area contributed by atoms with E-state index in [0.717, 1.165) is 12.2 Å². The molecule has 1 aromatic carbocycles. The highest BCUT2D eigenvalue weighted by molar-refractivity contribution is 5.77. The monoisotopic (exact) mass is 281 g/mol. The van der Waals surface area contributed by atoms with Crippen molar-refractivity contribution in [1.82, 2.24) is 5.32 Å². The number of carbonyl (C=O) groups excluding carboxylic acids is 1. The Morgan fingerprint density at radius 1 is 1.25 bits per heavy atom. The normalized spacial score (nSPS) is 11.8. The second-order valence-electron chi connectivity index (χ2n) is 4.53. The van der Waals surface area contributed by atoms with Crippen LogP contribution < -0.4 is 14.8 Å². The van der Waals surface area contributed by atoms with Crippen LogP contribution in [0.25, 0.3) is 0 Å². The molecule has 0 radical (unpaired) electrons. The predicted molar refractivity (Wildman–Crippen MR) is 77.0 cm³/mol. The summed E-state index contributed by atoms with van der Waals surface area (Å²) >= 11 is 0. The Labute approximate surface area is 119 Å². The Hall–Kier alpha value is -1.75. The number of amides is 1. The molecular weight excluding hydrogens is 258 g/mol. The van der Waals surface area contributed by atoms with Gasteiger partial charge in [-0.05, 0) is 51.0 Å². The highest BCUT2D eigenvalue weighted by Crippen LogP contribution is 2.17. The number of hydrogen-bond acceptors (Lipinski definition) is 4. The summed E-state index contributed by atoms with van der Waals surface area (Å²) in [5, 5.41) is 11.5. The average Bonchev–Trinajstić information content (AvgIpc) is 2.45. The van der Waals surface area contributed by atoms with E-state index >= 15 is 0 Å². The molecule has 0 saturated heterocycles. The largest absolute Gasteiger partial charge is 0.494 e. The number of aliphatic hydroxyl groups excluding tert-OH is 1. The number of carbonyl (C=O) groups is 1. The minimum absolute atomic E-state index is 0.0164. The number of ether oxygens (including phenoxy) is 2. The fourth-order valence-electron chi connectivity index (χ4n) is 1.73. The molecule has 5 heteroatoms. The summed E-state index contributed by atoms with van der Waals surface area (Å²) in [7, 11) is 0. The first-order chi connectivity index (χ1) is 9.65. The molecule has 1 rings (SSSR count). The van der Waals surface area contributed by atoms with Crippen LogP contribution in [-0.4, -0.2) is 36.9 Å². The maximum atomic E-state index is 11.6. The van der Waals surface area contributed by atoms with E-state index in [4.69, 9.17) is 14.6 Å². The van der Waals surface area contributed by atoms with Crippen LogP contribution in [-0.2, 0) is 4.79 Å². The summed E-state index contributed by atoms with van der Waals surface area (Å²) in [4.78, 5) is 11.6. The van der Waals surface area contributed by atoms with Gasteiger partial charge in [0.05, 0.1) is 6.61 Å². The molecule has 1 amide bonds. The summed E-state index contributed by atoms with van der Waals surface area (Å²) in [6, 6.07) is 7.20. The van der Waals surface area contributed by atoms with E-state index < -0.39 is 0 Å². The number of nitrogens with one attached hydrogen (secondary N) is 1. The topological polar surface area (TPSA) is 67.8 Å². The molecule has 112 valence electrons. The van der Waals surface area contributed by atoms with E-state index in [0.29, 0.717) is 18.8 Å². The lowest BCUT2D eigenvalue weighted by atomic mass is 10.2. The Kier molecular flexibility index (Phi) is 7.50. The van der Waals surface area contributed by atoms with Gasteiger partial charge < -0.3 is 19.9 Å². The zero-order valence-electron chi connectivity index (χ0n) is 12.1. The van der Waals surface area contributed by atoms with Crippen molar-refractivity contribution in [2.24, 2.45) is 0 Å². The van der Waals surface area contributed by atoms with Crippen LogP contribution >= 0.6 is 0 Å². The van der Waals surface area contributed by atoms with Gasteiger partial charge in [0.15, 0.2) is 6.61 Å². The van der Waals surface area contributed by atoms with Crippen LogP contribution in [0.15, 0.2) is 24.3 Å². The fraction of sp³-hybridized carbons (Fsp3) is 0.533. The van der Waals surface area contributed by atoms with Crippen molar-refractivity contribution in [3.05, 3.63) is 24.3 Å². The molecule has 5 nitrogen and oxygen atoms in total. The molecule has 0 spiro atoms. The van der Waals surface area contributed by atoms with Crippen molar-refractivity contribution in [3.8, 4) is 11.5 Å². The summed E-state index contributed by atoms with van der Waals surface area (Å²) in [5.41, 5.74) is 0. The van der Waals surface area contributed by atoms with Gasteiger partial charge in [0.2, 0.25) is 0 Å². The van der Waals surface area contributed by atoms with Gasteiger partial charge in [0.25, 0.3) is 5.91 Å². The molecule has 0 bridgehead atoms. The number of benzene rings is 1. The zero-order valence-corrected chi connectivity index (χ0v) is 12.1. The van der Waals surface area contributed by atoms with Gasteiger partial charge in [-0.25, -0.2) is 0 Å². The highest BCUT2D eigenvalue weighted by Gasteiger charge is 2.07. The maximum Gasteiger partial charge on any atom is 0.258 e. The quantitative estimate of drug-likeness (QED) is 0.723. The molecule has 0 heterocycles. The van der Waals surface area contributed by atoms with E-state index in [1.807, 2.05) is 13.8 Å². The fourth-order valence-corrected chi connectivity index (χ4v) is 1.73. The third kappa shape index (κ3) is 6.43. The Balaban J connectivity index is 2.29. The van der Waals surface area contributed by atoms with Crippen molar-refractivity contribution in [1.29, 1.82) is 0 Å². The van der Waals surface area contributed by atoms with E-state index in [1.165, 1.54) is 0 Å². The van der Waals surface area contributed by atoms with Gasteiger partial charge in [0, 0.05) is 12.6 Å². The number of aliphatic hydroxyl groups is 1. The summed E-state index contributed by atoms with van der Waals surface area (Å²) in [6.07, 6.45) is 1.44. The molecule has 2 N–H and O–H groups in total. The van der Waals surface area contributed by atoms with Crippen molar-refractivity contribution < 1.29 is 19.4 Å². The first-order valence-electron chi connectivity index (χ1n) is 6.91. The first-order valence-corrected chi connectivity index (χ1v) is 6.91. The maximum absolute atomic E-state index is 11.6. The molecule has 0 aliphatic rings. The van der Waals surface area contributed by atoms with Gasteiger partial charge in [-0.1, -0.05) is 0 Å². The molecule has 0 aromatic heterocycles. The molecule has 0 saturated carbocycles. The highest BCUT2D eigenvalue weighted by atomic mass is 16.5. The van der Waals surface area contributed by atoms with Gasteiger partial charge in [0.1, 0.15) is 11.5 Å². The van der Waals surface area contributed by atoms with Gasteiger partial charge in [-0.3, -0.25) is 4.79 Å². The lowest BCUT2D eigenvalue weighted by Crippen LogP contribution is -2.36. The smallest absolute Gasteiger partial charge is 0.258 e. The summed E-state index contributed by atoms with van der Waals surface area (Å²) in [6.45, 7) is 4.58. The molecule has 0 aliphatic heterocycles. The minimum atomic E-state index is -0.163. The van der Waals surface area contributed by atoms with Crippen molar-refractivity contribution in [2.45, 2.75) is 32.7 Å². The van der Waals surface area contributed by atoms with Crippen LogP contribution in [0.3, 0.4) is 0 Å². The minimum Gasteiger partial charge on any atom is -0.494 e. The van der Waals surface area contributed by atoms with Crippen molar-refractivity contribution in [3.63, 3.8) is 0 Å². The average molecular weight is 281 g/mol. The van der Waals surface area contributed by atoms with Gasteiger partial charge in [-0.15, -0.1) is 0 Å². The second-order valence-corrected chi connectivity index (χ2v) is 4.53. The molecule has 1 aromatic rings. The van der Waals surface area contributed by atoms with E-state index in [9.17, 15) is 4.79 Å².